The minimum absolute atomic E-state index is 0.0140. The second kappa shape index (κ2) is 11.9. The number of rotatable bonds is 6. The SMILES string of the molecule is CCCCc1ccc(N2c3cccc4c3B(c3ccc5c(c32)-c2ccccc2C5(C)C)N(c2ccccc2)c2ccccc2-4)c(-c2ccccc2)c1. The molecule has 0 amide bonds. The van der Waals surface area contributed by atoms with Gasteiger partial charge in [0, 0.05) is 39.2 Å². The van der Waals surface area contributed by atoms with Crippen molar-refractivity contribution in [1.82, 2.24) is 0 Å². The van der Waals surface area contributed by atoms with Gasteiger partial charge in [-0.15, -0.1) is 0 Å². The summed E-state index contributed by atoms with van der Waals surface area (Å²) in [7, 11) is 0. The van der Waals surface area contributed by atoms with E-state index in [1.807, 2.05) is 0 Å². The number of benzene rings is 7. The topological polar surface area (TPSA) is 6.48 Å². The van der Waals surface area contributed by atoms with Gasteiger partial charge in [0.2, 0.25) is 0 Å². The van der Waals surface area contributed by atoms with E-state index >= 15 is 0 Å². The molecule has 0 spiro atoms. The van der Waals surface area contributed by atoms with Gasteiger partial charge in [-0.05, 0) is 93.5 Å². The first-order valence-corrected chi connectivity index (χ1v) is 18.9. The second-order valence-corrected chi connectivity index (χ2v) is 15.1. The summed E-state index contributed by atoms with van der Waals surface area (Å²) in [5.74, 6) is 0. The van der Waals surface area contributed by atoms with Gasteiger partial charge in [0.1, 0.15) is 0 Å². The van der Waals surface area contributed by atoms with Gasteiger partial charge in [-0.2, -0.15) is 0 Å². The van der Waals surface area contributed by atoms with Gasteiger partial charge in [0.05, 0.1) is 11.4 Å². The second-order valence-electron chi connectivity index (χ2n) is 15.1. The highest BCUT2D eigenvalue weighted by Gasteiger charge is 2.48. The third-order valence-corrected chi connectivity index (χ3v) is 11.8. The smallest absolute Gasteiger partial charge is 0.333 e. The first kappa shape index (κ1) is 31.0. The Morgan fingerprint density at radius 3 is 2.06 bits per heavy atom. The maximum absolute atomic E-state index is 2.64. The number of fused-ring (bicyclic) bond motifs is 8. The molecule has 2 aliphatic heterocycles. The molecule has 2 heterocycles. The number of unbranched alkanes of at least 4 members (excludes halogenated alkanes) is 1. The monoisotopic (exact) mass is 668 g/mol. The van der Waals surface area contributed by atoms with Gasteiger partial charge in [0.15, 0.2) is 0 Å². The summed E-state index contributed by atoms with van der Waals surface area (Å²) >= 11 is 0. The normalized spacial score (nSPS) is 14.3. The average Bonchev–Trinajstić information content (AvgIpc) is 3.44. The van der Waals surface area contributed by atoms with Gasteiger partial charge in [-0.25, -0.2) is 0 Å². The van der Waals surface area contributed by atoms with Crippen LogP contribution in [0.25, 0.3) is 33.4 Å². The summed E-state index contributed by atoms with van der Waals surface area (Å²) in [6.45, 7) is 7.06. The van der Waals surface area contributed by atoms with Crippen molar-refractivity contribution in [2.45, 2.75) is 45.4 Å². The van der Waals surface area contributed by atoms with Crippen molar-refractivity contribution in [2.75, 3.05) is 9.71 Å². The Bertz CT molecular complexity index is 2500. The summed E-state index contributed by atoms with van der Waals surface area (Å²) in [5, 5.41) is 0. The average molecular weight is 669 g/mol. The molecule has 2 nitrogen and oxygen atoms in total. The molecule has 0 atom stereocenters. The van der Waals surface area contributed by atoms with Crippen LogP contribution in [0, 0.1) is 0 Å². The van der Waals surface area contributed by atoms with E-state index in [0.29, 0.717) is 0 Å². The third-order valence-electron chi connectivity index (χ3n) is 11.8. The molecule has 0 radical (unpaired) electrons. The van der Waals surface area contributed by atoms with Crippen molar-refractivity contribution in [1.29, 1.82) is 0 Å². The molecule has 7 aromatic rings. The number of hydrogen-bond donors (Lipinski definition) is 0. The van der Waals surface area contributed by atoms with Crippen molar-refractivity contribution in [3.63, 3.8) is 0 Å². The molecule has 0 N–H and O–H groups in total. The van der Waals surface area contributed by atoms with Crippen molar-refractivity contribution in [2.24, 2.45) is 0 Å². The predicted octanol–water partition coefficient (Wildman–Crippen LogP) is 11.7. The van der Waals surface area contributed by atoms with Gasteiger partial charge in [0.25, 0.3) is 0 Å². The zero-order chi connectivity index (χ0) is 35.0. The summed E-state index contributed by atoms with van der Waals surface area (Å²) in [6, 6.07) is 59.3. The van der Waals surface area contributed by atoms with E-state index in [1.54, 1.807) is 0 Å². The molecule has 0 saturated carbocycles. The van der Waals surface area contributed by atoms with E-state index in [9.17, 15) is 0 Å². The largest absolute Gasteiger partial charge is 0.376 e. The Kier molecular flexibility index (Phi) is 7.08. The van der Waals surface area contributed by atoms with Crippen LogP contribution in [0.5, 0.6) is 0 Å². The minimum atomic E-state index is -0.126. The fourth-order valence-corrected chi connectivity index (χ4v) is 9.41. The molecule has 0 aromatic heterocycles. The highest BCUT2D eigenvalue weighted by Crippen LogP contribution is 2.56. The van der Waals surface area contributed by atoms with Crippen LogP contribution in [-0.2, 0) is 11.8 Å². The number of aryl methyl sites for hydroxylation is 1. The van der Waals surface area contributed by atoms with Gasteiger partial charge in [-0.1, -0.05) is 149 Å². The maximum atomic E-state index is 2.64. The van der Waals surface area contributed by atoms with Crippen LogP contribution in [-0.4, -0.2) is 6.85 Å². The molecule has 0 fully saturated rings. The predicted molar refractivity (Wildman–Crippen MR) is 222 cm³/mol. The number of nitrogens with zero attached hydrogens (tertiary/aromatic N) is 2. The van der Waals surface area contributed by atoms with Gasteiger partial charge in [-0.3, -0.25) is 0 Å². The number of anilines is 5. The molecule has 0 saturated heterocycles. The lowest BCUT2D eigenvalue weighted by Crippen LogP contribution is -2.61. The number of hydrogen-bond acceptors (Lipinski definition) is 2. The van der Waals surface area contributed by atoms with E-state index in [4.69, 9.17) is 0 Å². The Morgan fingerprint density at radius 1 is 0.558 bits per heavy atom. The van der Waals surface area contributed by atoms with Crippen LogP contribution >= 0.6 is 0 Å². The lowest BCUT2D eigenvalue weighted by molar-refractivity contribution is 0.660. The van der Waals surface area contributed by atoms with E-state index in [-0.39, 0.29) is 12.3 Å². The molecular formula is C49H41BN2. The highest BCUT2D eigenvalue weighted by molar-refractivity contribution is 6.93. The molecular weight excluding hydrogens is 627 g/mol. The standard InChI is InChI=1S/C49H41BN2/c1-4-5-17-33-28-31-43(39(32-33)34-18-8-6-9-19-34)51-45-27-16-24-37-36-22-13-15-26-44(36)52(35-20-10-7-11-21-35)50(47(37)45)42-30-29-41-46(48(42)51)38-23-12-14-25-40(38)49(41,2)3/h6-16,18-32H,4-5,17H2,1-3H3. The molecule has 1 aliphatic carbocycles. The Balaban J connectivity index is 1.35. The van der Waals surface area contributed by atoms with Crippen LogP contribution in [0.1, 0.15) is 50.3 Å². The molecule has 10 rings (SSSR count). The van der Waals surface area contributed by atoms with E-state index < -0.39 is 0 Å². The van der Waals surface area contributed by atoms with Crippen LogP contribution in [0.2, 0.25) is 0 Å². The van der Waals surface area contributed by atoms with Crippen molar-refractivity contribution in [3.8, 4) is 33.4 Å². The fraction of sp³-hybridized carbons (Fsp3) is 0.143. The highest BCUT2D eigenvalue weighted by atomic mass is 15.2. The summed E-state index contributed by atoms with van der Waals surface area (Å²) in [4.78, 5) is 5.24. The maximum Gasteiger partial charge on any atom is 0.333 e. The van der Waals surface area contributed by atoms with Crippen LogP contribution in [0.3, 0.4) is 0 Å². The zero-order valence-electron chi connectivity index (χ0n) is 30.1. The molecule has 0 unspecified atom stereocenters. The first-order chi connectivity index (χ1) is 25.6. The zero-order valence-corrected chi connectivity index (χ0v) is 30.1. The summed E-state index contributed by atoms with van der Waals surface area (Å²) < 4.78 is 0. The van der Waals surface area contributed by atoms with E-state index in [1.165, 1.54) is 102 Å². The van der Waals surface area contributed by atoms with Gasteiger partial charge >= 0.3 is 6.85 Å². The van der Waals surface area contributed by atoms with E-state index in [2.05, 4.69) is 188 Å². The van der Waals surface area contributed by atoms with Crippen molar-refractivity contribution in [3.05, 3.63) is 174 Å². The molecule has 3 aliphatic rings. The molecule has 0 bridgehead atoms. The molecule has 7 aromatic carbocycles. The number of para-hydroxylation sites is 2. The van der Waals surface area contributed by atoms with Crippen LogP contribution < -0.4 is 20.6 Å². The van der Waals surface area contributed by atoms with Gasteiger partial charge < -0.3 is 9.71 Å². The summed E-state index contributed by atoms with van der Waals surface area (Å²) in [6.07, 6.45) is 3.44. The Labute approximate surface area is 308 Å². The Hall–Kier alpha value is -5.80. The minimum Gasteiger partial charge on any atom is -0.376 e. The molecule has 3 heteroatoms. The lowest BCUT2D eigenvalue weighted by Gasteiger charge is -2.46. The van der Waals surface area contributed by atoms with E-state index in [0.717, 1.165) is 6.42 Å². The first-order valence-electron chi connectivity index (χ1n) is 18.9. The fourth-order valence-electron chi connectivity index (χ4n) is 9.41. The third kappa shape index (κ3) is 4.45. The van der Waals surface area contributed by atoms with Crippen molar-refractivity contribution >= 4 is 46.2 Å². The van der Waals surface area contributed by atoms with Crippen LogP contribution in [0.4, 0.5) is 28.4 Å². The summed E-state index contributed by atoms with van der Waals surface area (Å²) in [5.41, 5.74) is 20.7. The quantitative estimate of drug-likeness (QED) is 0.163. The molecule has 250 valence electrons. The Morgan fingerprint density at radius 2 is 1.25 bits per heavy atom. The lowest BCUT2D eigenvalue weighted by atomic mass is 9.43. The van der Waals surface area contributed by atoms with Crippen LogP contribution in [0.15, 0.2) is 158 Å². The van der Waals surface area contributed by atoms with Crippen molar-refractivity contribution < 1.29 is 0 Å². The molecule has 52 heavy (non-hydrogen) atoms.